The van der Waals surface area contributed by atoms with Crippen LogP contribution in [0, 0.1) is 24.4 Å². The van der Waals surface area contributed by atoms with E-state index in [0.29, 0.717) is 22.2 Å². The summed E-state index contributed by atoms with van der Waals surface area (Å²) >= 11 is 3.40. The molecule has 8 heteroatoms. The Hall–Kier alpha value is -2.35. The second kappa shape index (κ2) is 6.51. The summed E-state index contributed by atoms with van der Waals surface area (Å²) in [5, 5.41) is 2.29. The average Bonchev–Trinajstić information content (AvgIpc) is 2.94. The van der Waals surface area contributed by atoms with Gasteiger partial charge in [0.2, 0.25) is 0 Å². The highest BCUT2D eigenvalue weighted by molar-refractivity contribution is 9.10. The number of hydrogen-bond acceptors (Lipinski definition) is 2. The van der Waals surface area contributed by atoms with Crippen molar-refractivity contribution < 1.29 is 18.0 Å². The number of imidazole rings is 1. The van der Waals surface area contributed by atoms with Gasteiger partial charge in [-0.2, -0.15) is 0 Å². The Kier molecular flexibility index (Phi) is 4.55. The summed E-state index contributed by atoms with van der Waals surface area (Å²) in [6.07, 6.45) is 2.19. The molecule has 0 spiro atoms. The lowest BCUT2D eigenvalue weighted by molar-refractivity contribution is 0.102. The molecule has 1 aromatic carbocycles. The minimum absolute atomic E-state index is 0.214. The van der Waals surface area contributed by atoms with Gasteiger partial charge in [-0.05, 0) is 53.0 Å². The largest absolute Gasteiger partial charge is 0.318 e. The summed E-state index contributed by atoms with van der Waals surface area (Å²) in [4.78, 5) is 17.1. The molecule has 3 aromatic rings. The van der Waals surface area contributed by atoms with Crippen LogP contribution in [0.5, 0.6) is 0 Å². The fraction of sp³-hybridized carbons (Fsp3) is 0.176. The summed E-state index contributed by atoms with van der Waals surface area (Å²) in [5.41, 5.74) is 1.70. The monoisotopic (exact) mass is 411 g/mol. The Bertz CT molecular complexity index is 1000. The van der Waals surface area contributed by atoms with E-state index in [-0.39, 0.29) is 5.69 Å². The number of nitrogens with one attached hydrogen (secondary N) is 1. The second-order valence-electron chi connectivity index (χ2n) is 5.50. The van der Waals surface area contributed by atoms with Gasteiger partial charge in [0.15, 0.2) is 23.1 Å². The lowest BCUT2D eigenvalue weighted by Crippen LogP contribution is -2.17. The van der Waals surface area contributed by atoms with Gasteiger partial charge in [-0.1, -0.05) is 6.92 Å². The van der Waals surface area contributed by atoms with Gasteiger partial charge >= 0.3 is 0 Å². The van der Waals surface area contributed by atoms with Gasteiger partial charge in [-0.3, -0.25) is 9.20 Å². The van der Waals surface area contributed by atoms with Gasteiger partial charge in [-0.25, -0.2) is 18.2 Å². The molecule has 130 valence electrons. The molecule has 0 aliphatic carbocycles. The lowest BCUT2D eigenvalue weighted by atomic mass is 10.2. The molecule has 3 rings (SSSR count). The maximum absolute atomic E-state index is 13.8. The lowest BCUT2D eigenvalue weighted by Gasteiger charge is -2.09. The molecule has 0 radical (unpaired) electrons. The Morgan fingerprint density at radius 1 is 1.28 bits per heavy atom. The van der Waals surface area contributed by atoms with Crippen LogP contribution in [-0.2, 0) is 6.42 Å². The number of nitrogens with zero attached hydrogens (tertiary/aromatic N) is 2. The van der Waals surface area contributed by atoms with Gasteiger partial charge in [0.05, 0.1) is 15.9 Å². The van der Waals surface area contributed by atoms with Crippen LogP contribution in [0.1, 0.15) is 28.7 Å². The Labute approximate surface area is 149 Å². The molecule has 25 heavy (non-hydrogen) atoms. The zero-order chi connectivity index (χ0) is 18.3. The van der Waals surface area contributed by atoms with Crippen molar-refractivity contribution in [1.82, 2.24) is 9.38 Å². The summed E-state index contributed by atoms with van der Waals surface area (Å²) in [6.45, 7) is 3.68. The molecule has 4 nitrogen and oxygen atoms in total. The number of rotatable bonds is 3. The molecule has 0 aliphatic rings. The van der Waals surface area contributed by atoms with E-state index in [9.17, 15) is 18.0 Å². The zero-order valence-corrected chi connectivity index (χ0v) is 14.9. The summed E-state index contributed by atoms with van der Waals surface area (Å²) in [6, 6.07) is 3.59. The van der Waals surface area contributed by atoms with E-state index in [0.717, 1.165) is 17.7 Å². The van der Waals surface area contributed by atoms with E-state index in [1.165, 1.54) is 0 Å². The maximum atomic E-state index is 13.8. The van der Waals surface area contributed by atoms with Crippen molar-refractivity contribution >= 4 is 33.2 Å². The fourth-order valence-electron chi connectivity index (χ4n) is 2.57. The number of carbonyl (C=O) groups is 1. The van der Waals surface area contributed by atoms with Crippen molar-refractivity contribution in [3.05, 3.63) is 63.3 Å². The molecule has 0 aliphatic heterocycles. The van der Waals surface area contributed by atoms with Gasteiger partial charge in [0.25, 0.3) is 5.91 Å². The SMILES string of the molecule is CCc1nc2c(Br)cc(C)cn2c1C(=O)Nc1ccc(F)c(F)c1F. The van der Waals surface area contributed by atoms with Crippen LogP contribution in [-0.4, -0.2) is 15.3 Å². The highest BCUT2D eigenvalue weighted by Crippen LogP contribution is 2.25. The van der Waals surface area contributed by atoms with Gasteiger partial charge in [-0.15, -0.1) is 0 Å². The van der Waals surface area contributed by atoms with E-state index in [1.807, 2.05) is 19.9 Å². The smallest absolute Gasteiger partial charge is 0.274 e. The van der Waals surface area contributed by atoms with Crippen LogP contribution in [0.3, 0.4) is 0 Å². The molecule has 1 N–H and O–H groups in total. The number of halogens is 4. The molecule has 0 bridgehead atoms. The number of aromatic nitrogens is 2. The third-order valence-electron chi connectivity index (χ3n) is 3.72. The molecule has 0 saturated carbocycles. The molecule has 2 heterocycles. The number of hydrogen-bond donors (Lipinski definition) is 1. The predicted molar refractivity (Wildman–Crippen MR) is 91.3 cm³/mol. The van der Waals surface area contributed by atoms with Crippen molar-refractivity contribution in [2.75, 3.05) is 5.32 Å². The number of anilines is 1. The van der Waals surface area contributed by atoms with E-state index in [4.69, 9.17) is 0 Å². The van der Waals surface area contributed by atoms with Gasteiger partial charge in [0.1, 0.15) is 5.69 Å². The Morgan fingerprint density at radius 3 is 2.68 bits per heavy atom. The minimum Gasteiger partial charge on any atom is -0.318 e. The number of carbonyl (C=O) groups excluding carboxylic acids is 1. The Balaban J connectivity index is 2.10. The maximum Gasteiger partial charge on any atom is 0.274 e. The van der Waals surface area contributed by atoms with Crippen molar-refractivity contribution in [1.29, 1.82) is 0 Å². The number of pyridine rings is 1. The normalized spacial score (nSPS) is 11.1. The van der Waals surface area contributed by atoms with Crippen LogP contribution < -0.4 is 5.32 Å². The van der Waals surface area contributed by atoms with Crippen LogP contribution >= 0.6 is 15.9 Å². The summed E-state index contributed by atoms with van der Waals surface area (Å²) < 4.78 is 42.5. The number of aryl methyl sites for hydroxylation is 2. The summed E-state index contributed by atoms with van der Waals surface area (Å²) in [5.74, 6) is -5.06. The second-order valence-corrected chi connectivity index (χ2v) is 6.35. The average molecular weight is 412 g/mol. The quantitative estimate of drug-likeness (QED) is 0.638. The fourth-order valence-corrected chi connectivity index (χ4v) is 3.21. The van der Waals surface area contributed by atoms with Crippen LogP contribution in [0.15, 0.2) is 28.9 Å². The standard InChI is InChI=1S/C17H13BrF3N3O/c1-3-11-15(24-7-8(2)6-9(18)16(24)22-11)17(25)23-12-5-4-10(19)13(20)14(12)21/h4-7H,3H2,1-2H3,(H,23,25). The third kappa shape index (κ3) is 3.02. The zero-order valence-electron chi connectivity index (χ0n) is 13.3. The van der Waals surface area contributed by atoms with E-state index >= 15 is 0 Å². The molecule has 0 fully saturated rings. The van der Waals surface area contributed by atoms with Crippen LogP contribution in [0.2, 0.25) is 0 Å². The first kappa shape index (κ1) is 17.5. The molecule has 0 unspecified atom stereocenters. The van der Waals surface area contributed by atoms with E-state index < -0.39 is 29.0 Å². The highest BCUT2D eigenvalue weighted by Gasteiger charge is 2.22. The predicted octanol–water partition coefficient (Wildman–Crippen LogP) is 4.64. The van der Waals surface area contributed by atoms with Crippen molar-refractivity contribution in [2.24, 2.45) is 0 Å². The first-order valence-corrected chi connectivity index (χ1v) is 8.24. The molecular weight excluding hydrogens is 399 g/mol. The topological polar surface area (TPSA) is 46.4 Å². The molecule has 0 saturated heterocycles. The highest BCUT2D eigenvalue weighted by atomic mass is 79.9. The van der Waals surface area contributed by atoms with Gasteiger partial charge in [0, 0.05) is 6.20 Å². The van der Waals surface area contributed by atoms with Crippen molar-refractivity contribution in [2.45, 2.75) is 20.3 Å². The number of fused-ring (bicyclic) bond motifs is 1. The van der Waals surface area contributed by atoms with E-state index in [2.05, 4.69) is 26.2 Å². The molecule has 0 atom stereocenters. The molecule has 2 aromatic heterocycles. The first-order chi connectivity index (χ1) is 11.8. The molecule has 1 amide bonds. The Morgan fingerprint density at radius 2 is 2.00 bits per heavy atom. The van der Waals surface area contributed by atoms with Gasteiger partial charge < -0.3 is 5.32 Å². The van der Waals surface area contributed by atoms with Crippen molar-refractivity contribution in [3.63, 3.8) is 0 Å². The first-order valence-electron chi connectivity index (χ1n) is 7.45. The van der Waals surface area contributed by atoms with Crippen LogP contribution in [0.25, 0.3) is 5.65 Å². The third-order valence-corrected chi connectivity index (χ3v) is 4.30. The minimum atomic E-state index is -1.63. The number of amides is 1. The van der Waals surface area contributed by atoms with Crippen molar-refractivity contribution in [3.8, 4) is 0 Å². The van der Waals surface area contributed by atoms with Crippen LogP contribution in [0.4, 0.5) is 18.9 Å². The van der Waals surface area contributed by atoms with E-state index in [1.54, 1.807) is 10.6 Å². The summed E-state index contributed by atoms with van der Waals surface area (Å²) in [7, 11) is 0. The molecular formula is C17H13BrF3N3O. The number of benzene rings is 1.